The Bertz CT molecular complexity index is 713. The van der Waals surface area contributed by atoms with Gasteiger partial charge in [-0.1, -0.05) is 0 Å². The molecule has 0 saturated carbocycles. The summed E-state index contributed by atoms with van der Waals surface area (Å²) in [6.45, 7) is 0.0848. The number of aromatic amines is 1. The molecule has 0 aliphatic carbocycles. The van der Waals surface area contributed by atoms with Crippen molar-refractivity contribution in [2.45, 2.75) is 0 Å². The van der Waals surface area contributed by atoms with Crippen LogP contribution < -0.4 is 9.47 Å². The number of hydrogen-bond acceptors (Lipinski definition) is 6. The number of nitrogens with one attached hydrogen (secondary N) is 1. The summed E-state index contributed by atoms with van der Waals surface area (Å²) >= 11 is 0. The van der Waals surface area contributed by atoms with Crippen LogP contribution in [0.3, 0.4) is 0 Å². The van der Waals surface area contributed by atoms with Crippen molar-refractivity contribution in [2.75, 3.05) is 13.2 Å². The number of rotatable bonds is 5. The van der Waals surface area contributed by atoms with Crippen LogP contribution in [-0.2, 0) is 0 Å². The smallest absolute Gasteiger partial charge is 0.241 e. The molecule has 2 N–H and O–H groups in total. The molecule has 2 heterocycles. The molecule has 0 radical (unpaired) electrons. The summed E-state index contributed by atoms with van der Waals surface area (Å²) in [7, 11) is 0. The number of aromatic nitrogens is 4. The van der Waals surface area contributed by atoms with Crippen LogP contribution in [0.5, 0.6) is 17.5 Å². The van der Waals surface area contributed by atoms with E-state index >= 15 is 0 Å². The third-order valence-electron chi connectivity index (χ3n) is 2.57. The minimum absolute atomic E-state index is 0.0801. The van der Waals surface area contributed by atoms with E-state index in [0.29, 0.717) is 17.5 Å². The van der Waals surface area contributed by atoms with Crippen molar-refractivity contribution in [1.82, 2.24) is 20.2 Å². The van der Waals surface area contributed by atoms with E-state index in [1.807, 2.05) is 18.2 Å². The highest BCUT2D eigenvalue weighted by molar-refractivity contribution is 5.79. The zero-order valence-electron chi connectivity index (χ0n) is 10.5. The molecule has 0 aliphatic heterocycles. The van der Waals surface area contributed by atoms with Crippen LogP contribution in [0.4, 0.5) is 0 Å². The van der Waals surface area contributed by atoms with Gasteiger partial charge in [-0.2, -0.15) is 10.1 Å². The normalized spacial score (nSPS) is 10.7. The molecule has 0 bridgehead atoms. The molecule has 2 aromatic heterocycles. The Balaban J connectivity index is 1.79. The van der Waals surface area contributed by atoms with Crippen LogP contribution in [0.1, 0.15) is 0 Å². The van der Waals surface area contributed by atoms with Gasteiger partial charge in [-0.25, -0.2) is 0 Å². The second kappa shape index (κ2) is 5.54. The van der Waals surface area contributed by atoms with E-state index in [4.69, 9.17) is 14.6 Å². The first-order valence-electron chi connectivity index (χ1n) is 6.02. The van der Waals surface area contributed by atoms with Gasteiger partial charge in [-0.05, 0) is 12.1 Å². The van der Waals surface area contributed by atoms with Crippen molar-refractivity contribution >= 4 is 10.9 Å². The van der Waals surface area contributed by atoms with Crippen molar-refractivity contribution < 1.29 is 14.6 Å². The lowest BCUT2D eigenvalue weighted by Gasteiger charge is -2.06. The fourth-order valence-corrected chi connectivity index (χ4v) is 1.70. The first kappa shape index (κ1) is 12.4. The van der Waals surface area contributed by atoms with Gasteiger partial charge in [0.15, 0.2) is 0 Å². The largest absolute Gasteiger partial charge is 0.474 e. The van der Waals surface area contributed by atoms with Gasteiger partial charge in [0.2, 0.25) is 11.8 Å². The molecule has 3 rings (SSSR count). The fourth-order valence-electron chi connectivity index (χ4n) is 1.70. The lowest BCUT2D eigenvalue weighted by Crippen LogP contribution is -2.03. The molecule has 0 aliphatic rings. The maximum Gasteiger partial charge on any atom is 0.241 e. The van der Waals surface area contributed by atoms with Crippen LogP contribution in [0, 0.1) is 0 Å². The highest BCUT2D eigenvalue weighted by Gasteiger charge is 2.04. The second-order valence-corrected chi connectivity index (χ2v) is 3.99. The SMILES string of the molecule is OCCOc1cncc(Oc2ccc3cn[nH]c3c2)n1. The Morgan fingerprint density at radius 3 is 2.95 bits per heavy atom. The Kier molecular flexibility index (Phi) is 3.42. The van der Waals surface area contributed by atoms with Crippen molar-refractivity contribution in [2.24, 2.45) is 0 Å². The summed E-state index contributed by atoms with van der Waals surface area (Å²) in [5.41, 5.74) is 0.878. The molecule has 102 valence electrons. The number of aliphatic hydroxyl groups is 1. The Morgan fingerprint density at radius 2 is 2.05 bits per heavy atom. The van der Waals surface area contributed by atoms with Gasteiger partial charge in [-0.3, -0.25) is 10.1 Å². The molecule has 0 spiro atoms. The number of benzene rings is 1. The number of nitrogens with zero attached hydrogens (tertiary/aromatic N) is 3. The lowest BCUT2D eigenvalue weighted by atomic mass is 10.2. The monoisotopic (exact) mass is 272 g/mol. The van der Waals surface area contributed by atoms with Crippen LogP contribution in [-0.4, -0.2) is 38.5 Å². The second-order valence-electron chi connectivity index (χ2n) is 3.99. The van der Waals surface area contributed by atoms with Gasteiger partial charge in [0, 0.05) is 11.5 Å². The summed E-state index contributed by atoms with van der Waals surface area (Å²) in [6, 6.07) is 5.54. The van der Waals surface area contributed by atoms with Crippen LogP contribution in [0.25, 0.3) is 10.9 Å². The number of fused-ring (bicyclic) bond motifs is 1. The molecule has 1 aromatic carbocycles. The summed E-state index contributed by atoms with van der Waals surface area (Å²) < 4.78 is 10.8. The van der Waals surface area contributed by atoms with E-state index in [-0.39, 0.29) is 13.2 Å². The minimum Gasteiger partial charge on any atom is -0.474 e. The van der Waals surface area contributed by atoms with Gasteiger partial charge in [0.25, 0.3) is 0 Å². The van der Waals surface area contributed by atoms with Gasteiger partial charge in [-0.15, -0.1) is 0 Å². The highest BCUT2D eigenvalue weighted by atomic mass is 16.5. The van der Waals surface area contributed by atoms with Crippen molar-refractivity contribution in [3.8, 4) is 17.5 Å². The van der Waals surface area contributed by atoms with E-state index in [2.05, 4.69) is 20.2 Å². The molecule has 3 aromatic rings. The van der Waals surface area contributed by atoms with Crippen molar-refractivity contribution in [1.29, 1.82) is 0 Å². The van der Waals surface area contributed by atoms with E-state index < -0.39 is 0 Å². The zero-order chi connectivity index (χ0) is 13.8. The number of H-pyrrole nitrogens is 1. The third-order valence-corrected chi connectivity index (χ3v) is 2.57. The minimum atomic E-state index is -0.0801. The first-order valence-corrected chi connectivity index (χ1v) is 6.02. The molecule has 7 heteroatoms. The standard InChI is InChI=1S/C13H12N4O3/c18-3-4-19-12-7-14-8-13(16-12)20-10-2-1-9-6-15-17-11(9)5-10/h1-2,5-8,18H,3-4H2,(H,15,17). The van der Waals surface area contributed by atoms with Gasteiger partial charge in [0.1, 0.15) is 12.4 Å². The summed E-state index contributed by atoms with van der Waals surface area (Å²) in [5, 5.41) is 16.5. The molecule has 7 nitrogen and oxygen atoms in total. The Labute approximate surface area is 114 Å². The van der Waals surface area contributed by atoms with Crippen LogP contribution >= 0.6 is 0 Å². The summed E-state index contributed by atoms with van der Waals surface area (Å²) in [6.07, 6.45) is 4.69. The fraction of sp³-hybridized carbons (Fsp3) is 0.154. The van der Waals surface area contributed by atoms with Crippen molar-refractivity contribution in [3.63, 3.8) is 0 Å². The third kappa shape index (κ3) is 2.67. The van der Waals surface area contributed by atoms with E-state index in [9.17, 15) is 0 Å². The Hall–Kier alpha value is -2.67. The molecule has 0 saturated heterocycles. The first-order chi connectivity index (χ1) is 9.85. The average molecular weight is 272 g/mol. The lowest BCUT2D eigenvalue weighted by molar-refractivity contribution is 0.195. The highest BCUT2D eigenvalue weighted by Crippen LogP contribution is 2.23. The van der Waals surface area contributed by atoms with E-state index in [1.165, 1.54) is 12.4 Å². The number of aliphatic hydroxyl groups excluding tert-OH is 1. The van der Waals surface area contributed by atoms with Gasteiger partial charge in [0.05, 0.1) is 30.7 Å². The molecule has 0 fully saturated rings. The quantitative estimate of drug-likeness (QED) is 0.731. The Morgan fingerprint density at radius 1 is 1.15 bits per heavy atom. The maximum absolute atomic E-state index is 8.70. The molecular weight excluding hydrogens is 260 g/mol. The van der Waals surface area contributed by atoms with E-state index in [1.54, 1.807) is 6.20 Å². The molecule has 0 atom stereocenters. The van der Waals surface area contributed by atoms with Crippen LogP contribution in [0.15, 0.2) is 36.8 Å². The van der Waals surface area contributed by atoms with Gasteiger partial charge < -0.3 is 14.6 Å². The molecule has 0 amide bonds. The molecular formula is C13H12N4O3. The van der Waals surface area contributed by atoms with Crippen LogP contribution in [0.2, 0.25) is 0 Å². The number of ether oxygens (including phenoxy) is 2. The average Bonchev–Trinajstić information content (AvgIpc) is 2.93. The molecule has 20 heavy (non-hydrogen) atoms. The predicted octanol–water partition coefficient (Wildman–Crippen LogP) is 1.52. The zero-order valence-corrected chi connectivity index (χ0v) is 10.5. The molecule has 0 unspecified atom stereocenters. The topological polar surface area (TPSA) is 93.1 Å². The summed E-state index contributed by atoms with van der Waals surface area (Å²) in [4.78, 5) is 8.10. The number of hydrogen-bond donors (Lipinski definition) is 2. The summed E-state index contributed by atoms with van der Waals surface area (Å²) in [5.74, 6) is 1.24. The van der Waals surface area contributed by atoms with Crippen molar-refractivity contribution in [3.05, 3.63) is 36.8 Å². The van der Waals surface area contributed by atoms with E-state index in [0.717, 1.165) is 10.9 Å². The van der Waals surface area contributed by atoms with Gasteiger partial charge >= 0.3 is 0 Å². The predicted molar refractivity (Wildman–Crippen MR) is 70.8 cm³/mol. The maximum atomic E-state index is 8.70.